The molecule has 0 fully saturated rings. The first kappa shape index (κ1) is 20.4. The van der Waals surface area contributed by atoms with Gasteiger partial charge in [-0.1, -0.05) is 57.0 Å². The molecule has 0 saturated carbocycles. The number of nitrogens with one attached hydrogen (secondary N) is 2. The molecule has 5 heteroatoms. The maximum absolute atomic E-state index is 12.4. The number of anilines is 1. The van der Waals surface area contributed by atoms with Crippen molar-refractivity contribution in [1.82, 2.24) is 5.43 Å². The van der Waals surface area contributed by atoms with Crippen LogP contribution in [0, 0.1) is 0 Å². The van der Waals surface area contributed by atoms with E-state index in [1.54, 1.807) is 24.3 Å². The predicted octanol–water partition coefficient (Wildman–Crippen LogP) is 4.75. The number of carbonyl (C=O) groups excluding carboxylic acids is 2. The van der Waals surface area contributed by atoms with Gasteiger partial charge in [0.1, 0.15) is 0 Å². The van der Waals surface area contributed by atoms with Crippen molar-refractivity contribution in [3.8, 4) is 0 Å². The third kappa shape index (κ3) is 6.70. The summed E-state index contributed by atoms with van der Waals surface area (Å²) in [5, 5.41) is 7.15. The average molecular weight is 365 g/mol. The number of hydrogen-bond acceptors (Lipinski definition) is 3. The molecule has 0 unspecified atom stereocenters. The molecule has 0 aromatic heterocycles. The molecule has 2 aromatic rings. The molecule has 2 amide bonds. The lowest BCUT2D eigenvalue weighted by atomic mass is 10.1. The molecule has 0 aliphatic carbocycles. The van der Waals surface area contributed by atoms with E-state index < -0.39 is 0 Å². The number of amides is 2. The van der Waals surface area contributed by atoms with Gasteiger partial charge in [0.2, 0.25) is 5.91 Å². The third-order valence-corrected chi connectivity index (χ3v) is 4.07. The van der Waals surface area contributed by atoms with Crippen LogP contribution < -0.4 is 10.7 Å². The van der Waals surface area contributed by atoms with Crippen LogP contribution in [-0.2, 0) is 4.79 Å². The number of hydrazone groups is 1. The first-order valence-corrected chi connectivity index (χ1v) is 9.46. The molecule has 27 heavy (non-hydrogen) atoms. The molecule has 0 bridgehead atoms. The summed E-state index contributed by atoms with van der Waals surface area (Å²) in [4.78, 5) is 24.1. The Morgan fingerprint density at radius 3 is 2.19 bits per heavy atom. The van der Waals surface area contributed by atoms with Gasteiger partial charge in [-0.3, -0.25) is 9.59 Å². The van der Waals surface area contributed by atoms with Gasteiger partial charge in [0, 0.05) is 17.7 Å². The summed E-state index contributed by atoms with van der Waals surface area (Å²) in [6, 6.07) is 16.6. The second kappa shape index (κ2) is 10.9. The second-order valence-electron chi connectivity index (χ2n) is 6.34. The Morgan fingerprint density at radius 2 is 1.56 bits per heavy atom. The zero-order valence-corrected chi connectivity index (χ0v) is 16.0. The number of rotatable bonds is 9. The Bertz CT molecular complexity index is 768. The largest absolute Gasteiger partial charge is 0.326 e. The predicted molar refractivity (Wildman–Crippen MR) is 110 cm³/mol. The van der Waals surface area contributed by atoms with E-state index >= 15 is 0 Å². The Morgan fingerprint density at radius 1 is 0.852 bits per heavy atom. The van der Waals surface area contributed by atoms with Gasteiger partial charge in [0.25, 0.3) is 5.91 Å². The minimum Gasteiger partial charge on any atom is -0.326 e. The maximum Gasteiger partial charge on any atom is 0.271 e. The third-order valence-electron chi connectivity index (χ3n) is 4.07. The maximum atomic E-state index is 12.4. The minimum absolute atomic E-state index is 0.00859. The molecular weight excluding hydrogens is 338 g/mol. The lowest BCUT2D eigenvalue weighted by Gasteiger charge is -2.08. The molecule has 2 aromatic carbocycles. The normalized spacial score (nSPS) is 11.1. The van der Waals surface area contributed by atoms with Gasteiger partial charge in [0.15, 0.2) is 0 Å². The standard InChI is InChI=1S/C22H27N3O2/c1-3-5-12-21(26)23-19-15-13-18(14-16-19)22(27)25-24-20(9-4-2)17-10-7-6-8-11-17/h6-8,10-11,13-16H,3-5,9,12H2,1-2H3,(H,23,26)(H,25,27)/b24-20+. The average Bonchev–Trinajstić information content (AvgIpc) is 2.70. The summed E-state index contributed by atoms with van der Waals surface area (Å²) in [7, 11) is 0. The Kier molecular flexibility index (Phi) is 8.23. The Hall–Kier alpha value is -2.95. The molecule has 0 radical (unpaired) electrons. The fourth-order valence-electron chi connectivity index (χ4n) is 2.58. The van der Waals surface area contributed by atoms with Crippen molar-refractivity contribution in [3.05, 3.63) is 65.7 Å². The highest BCUT2D eigenvalue weighted by molar-refractivity contribution is 6.02. The van der Waals surface area contributed by atoms with E-state index in [-0.39, 0.29) is 11.8 Å². The van der Waals surface area contributed by atoms with Crippen LogP contribution in [0.5, 0.6) is 0 Å². The highest BCUT2D eigenvalue weighted by Gasteiger charge is 2.08. The van der Waals surface area contributed by atoms with E-state index in [9.17, 15) is 9.59 Å². The summed E-state index contributed by atoms with van der Waals surface area (Å²) in [5.74, 6) is -0.283. The Balaban J connectivity index is 1.99. The summed E-state index contributed by atoms with van der Waals surface area (Å²) in [5.41, 5.74) is 5.67. The van der Waals surface area contributed by atoms with Crippen LogP contribution in [-0.4, -0.2) is 17.5 Å². The molecular formula is C22H27N3O2. The van der Waals surface area contributed by atoms with E-state index in [1.807, 2.05) is 37.3 Å². The van der Waals surface area contributed by atoms with Crippen LogP contribution >= 0.6 is 0 Å². The lowest BCUT2D eigenvalue weighted by molar-refractivity contribution is -0.116. The zero-order chi connectivity index (χ0) is 19.5. The van der Waals surface area contributed by atoms with Crippen LogP contribution in [0.15, 0.2) is 59.7 Å². The molecule has 142 valence electrons. The van der Waals surface area contributed by atoms with Gasteiger partial charge in [-0.05, 0) is 42.7 Å². The lowest BCUT2D eigenvalue weighted by Crippen LogP contribution is -2.20. The summed E-state index contributed by atoms with van der Waals surface area (Å²) in [6.07, 6.45) is 4.08. The van der Waals surface area contributed by atoms with Crippen LogP contribution in [0.25, 0.3) is 0 Å². The van der Waals surface area contributed by atoms with Gasteiger partial charge in [-0.15, -0.1) is 0 Å². The van der Waals surface area contributed by atoms with Crippen molar-refractivity contribution in [2.24, 2.45) is 5.10 Å². The zero-order valence-electron chi connectivity index (χ0n) is 16.0. The van der Waals surface area contributed by atoms with E-state index in [0.717, 1.165) is 37.0 Å². The highest BCUT2D eigenvalue weighted by Crippen LogP contribution is 2.11. The number of hydrogen-bond donors (Lipinski definition) is 2. The van der Waals surface area contributed by atoms with E-state index in [2.05, 4.69) is 22.8 Å². The molecule has 0 aliphatic rings. The summed E-state index contributed by atoms with van der Waals surface area (Å²) >= 11 is 0. The highest BCUT2D eigenvalue weighted by atomic mass is 16.2. The monoisotopic (exact) mass is 365 g/mol. The van der Waals surface area contributed by atoms with Crippen molar-refractivity contribution in [2.45, 2.75) is 46.0 Å². The minimum atomic E-state index is -0.275. The SMILES string of the molecule is CCCCC(=O)Nc1ccc(C(=O)N/N=C(\CCC)c2ccccc2)cc1. The van der Waals surface area contributed by atoms with Gasteiger partial charge < -0.3 is 5.32 Å². The van der Waals surface area contributed by atoms with Gasteiger partial charge in [-0.25, -0.2) is 5.43 Å². The van der Waals surface area contributed by atoms with Crippen LogP contribution in [0.4, 0.5) is 5.69 Å². The molecule has 2 rings (SSSR count). The van der Waals surface area contributed by atoms with Crippen molar-refractivity contribution in [2.75, 3.05) is 5.32 Å². The van der Waals surface area contributed by atoms with E-state index in [4.69, 9.17) is 0 Å². The number of nitrogens with zero attached hydrogens (tertiary/aromatic N) is 1. The summed E-state index contributed by atoms with van der Waals surface area (Å²) in [6.45, 7) is 4.13. The Labute approximate surface area is 160 Å². The van der Waals surface area contributed by atoms with Crippen LogP contribution in [0.3, 0.4) is 0 Å². The first-order valence-electron chi connectivity index (χ1n) is 9.46. The molecule has 0 atom stereocenters. The molecule has 5 nitrogen and oxygen atoms in total. The molecule has 0 aliphatic heterocycles. The fourth-order valence-corrected chi connectivity index (χ4v) is 2.58. The molecule has 0 heterocycles. The topological polar surface area (TPSA) is 70.6 Å². The van der Waals surface area contributed by atoms with Crippen molar-refractivity contribution in [1.29, 1.82) is 0 Å². The van der Waals surface area contributed by atoms with Crippen LogP contribution in [0.1, 0.15) is 61.9 Å². The van der Waals surface area contributed by atoms with Gasteiger partial charge >= 0.3 is 0 Å². The van der Waals surface area contributed by atoms with E-state index in [0.29, 0.717) is 17.7 Å². The smallest absolute Gasteiger partial charge is 0.271 e. The van der Waals surface area contributed by atoms with Crippen molar-refractivity contribution in [3.63, 3.8) is 0 Å². The molecule has 2 N–H and O–H groups in total. The number of benzene rings is 2. The number of carbonyl (C=O) groups is 2. The second-order valence-corrected chi connectivity index (χ2v) is 6.34. The molecule has 0 spiro atoms. The van der Waals surface area contributed by atoms with Crippen molar-refractivity contribution < 1.29 is 9.59 Å². The molecule has 0 saturated heterocycles. The quantitative estimate of drug-likeness (QED) is 0.497. The van der Waals surface area contributed by atoms with Crippen molar-refractivity contribution >= 4 is 23.2 Å². The first-order chi connectivity index (χ1) is 13.1. The summed E-state index contributed by atoms with van der Waals surface area (Å²) < 4.78 is 0. The fraction of sp³-hybridized carbons (Fsp3) is 0.318. The number of unbranched alkanes of at least 4 members (excludes halogenated alkanes) is 1. The van der Waals surface area contributed by atoms with Gasteiger partial charge in [-0.2, -0.15) is 5.10 Å². The van der Waals surface area contributed by atoms with Crippen LogP contribution in [0.2, 0.25) is 0 Å². The van der Waals surface area contributed by atoms with Gasteiger partial charge in [0.05, 0.1) is 5.71 Å². The van der Waals surface area contributed by atoms with E-state index in [1.165, 1.54) is 0 Å².